The maximum atomic E-state index is 13.0. The van der Waals surface area contributed by atoms with Crippen LogP contribution in [0.25, 0.3) is 22.1 Å². The average molecular weight is 1180 g/mol. The van der Waals surface area contributed by atoms with E-state index in [1.54, 1.807) is 55.9 Å². The highest BCUT2D eigenvalue weighted by Gasteiger charge is 2.32. The molecular weight excluding hydrogens is 1130 g/mol. The SMILES string of the molecule is CC(=O)O.COc1ccc(Cn2nc(N[C@@H]3CCNC3)c3c(Oc4ccc(C(=O)Nc5cc(C(F)(F)F)ccn5)cc4)ccnc32)cc1.Cl.O=C(Nc1cc(C(F)(F)F)ccn1)c1ccc(Oc2ccnc3[nH]nc(N[C@@H]4CCNC4)c23)cc1. The van der Waals surface area contributed by atoms with Gasteiger partial charge in [0.25, 0.3) is 17.8 Å². The number of anilines is 4. The van der Waals surface area contributed by atoms with Crippen molar-refractivity contribution in [2.24, 2.45) is 0 Å². The number of hydrogen-bond donors (Lipinski definition) is 8. The van der Waals surface area contributed by atoms with E-state index in [1.165, 1.54) is 24.3 Å². The average Bonchev–Trinajstić information content (AvgIpc) is 3.20. The first-order chi connectivity index (χ1) is 39.9. The Morgan fingerprint density at radius 1 is 0.631 bits per heavy atom. The second kappa shape index (κ2) is 27.0. The number of nitrogens with one attached hydrogen (secondary N) is 7. The van der Waals surface area contributed by atoms with E-state index in [9.17, 15) is 35.9 Å². The highest BCUT2D eigenvalue weighted by molar-refractivity contribution is 6.04. The molecule has 9 aromatic rings. The fourth-order valence-electron chi connectivity index (χ4n) is 8.65. The molecule has 0 spiro atoms. The van der Waals surface area contributed by atoms with Gasteiger partial charge in [0.05, 0.1) is 24.8 Å². The van der Waals surface area contributed by atoms with Crippen LogP contribution in [-0.4, -0.2) is 108 Å². The highest BCUT2D eigenvalue weighted by atomic mass is 35.5. The van der Waals surface area contributed by atoms with Gasteiger partial charge in [0.2, 0.25) is 0 Å². The van der Waals surface area contributed by atoms with Gasteiger partial charge in [-0.1, -0.05) is 12.1 Å². The Morgan fingerprint density at radius 3 is 1.57 bits per heavy atom. The summed E-state index contributed by atoms with van der Waals surface area (Å²) >= 11 is 0. The largest absolute Gasteiger partial charge is 0.497 e. The van der Waals surface area contributed by atoms with Crippen LogP contribution in [0.15, 0.2) is 134 Å². The lowest BCUT2D eigenvalue weighted by Crippen LogP contribution is -2.22. The molecule has 0 unspecified atom stereocenters. The number of carbonyl (C=O) groups is 3. The maximum absolute atomic E-state index is 13.0. The number of hydrogen-bond acceptors (Lipinski definition) is 16. The summed E-state index contributed by atoms with van der Waals surface area (Å²) in [5.41, 5.74) is 0.882. The molecule has 6 aromatic heterocycles. The molecule has 2 aliphatic heterocycles. The highest BCUT2D eigenvalue weighted by Crippen LogP contribution is 2.37. The predicted octanol–water partition coefficient (Wildman–Crippen LogP) is 10.4. The number of H-pyrrole nitrogens is 1. The molecule has 0 aliphatic carbocycles. The first kappa shape index (κ1) is 60.5. The van der Waals surface area contributed by atoms with E-state index in [-0.39, 0.29) is 47.3 Å². The number of ether oxygens (including phenoxy) is 3. The summed E-state index contributed by atoms with van der Waals surface area (Å²) in [6, 6.07) is 27.3. The Labute approximate surface area is 480 Å². The van der Waals surface area contributed by atoms with Gasteiger partial charge < -0.3 is 51.2 Å². The zero-order chi connectivity index (χ0) is 58.7. The molecule has 0 saturated carbocycles. The van der Waals surface area contributed by atoms with Gasteiger partial charge in [0.15, 0.2) is 22.9 Å². The minimum absolute atomic E-state index is 0. The van der Waals surface area contributed by atoms with Crippen LogP contribution in [0, 0.1) is 0 Å². The van der Waals surface area contributed by atoms with Crippen LogP contribution in [0.5, 0.6) is 28.7 Å². The predicted molar refractivity (Wildman–Crippen MR) is 301 cm³/mol. The number of carboxylic acid groups (broad SMARTS) is 1. The molecule has 84 heavy (non-hydrogen) atoms. The summed E-state index contributed by atoms with van der Waals surface area (Å²) in [7, 11) is 1.62. The number of alkyl halides is 6. The fourth-order valence-corrected chi connectivity index (χ4v) is 8.65. The fraction of sp³-hybridized carbons (Fsp3) is 0.232. The van der Waals surface area contributed by atoms with Gasteiger partial charge in [-0.15, -0.1) is 12.4 Å². The molecular formula is C56H53ClF6N14O7. The Hall–Kier alpha value is -9.60. The third-order valence-electron chi connectivity index (χ3n) is 12.7. The van der Waals surface area contributed by atoms with E-state index in [1.807, 2.05) is 28.9 Å². The number of aromatic amines is 1. The van der Waals surface area contributed by atoms with Crippen LogP contribution in [0.3, 0.4) is 0 Å². The molecule has 11 rings (SSSR count). The summed E-state index contributed by atoms with van der Waals surface area (Å²) in [5, 5.41) is 39.3. The zero-order valence-electron chi connectivity index (χ0n) is 44.5. The van der Waals surface area contributed by atoms with E-state index < -0.39 is 41.3 Å². The van der Waals surface area contributed by atoms with Gasteiger partial charge in [-0.2, -0.15) is 36.5 Å². The van der Waals surface area contributed by atoms with E-state index >= 15 is 0 Å². The van der Waals surface area contributed by atoms with Crippen LogP contribution in [0.4, 0.5) is 49.6 Å². The van der Waals surface area contributed by atoms with Crippen LogP contribution in [0.2, 0.25) is 0 Å². The summed E-state index contributed by atoms with van der Waals surface area (Å²) in [6.07, 6.45) is -1.92. The lowest BCUT2D eigenvalue weighted by molar-refractivity contribution is -0.138. The van der Waals surface area contributed by atoms with E-state index in [4.69, 9.17) is 29.2 Å². The zero-order valence-corrected chi connectivity index (χ0v) is 45.3. The van der Waals surface area contributed by atoms with Crippen LogP contribution in [0.1, 0.15) is 57.2 Å². The quantitative estimate of drug-likeness (QED) is 0.0443. The number of carboxylic acids is 1. The van der Waals surface area contributed by atoms with Gasteiger partial charge in [-0.25, -0.2) is 24.6 Å². The van der Waals surface area contributed by atoms with Crippen molar-refractivity contribution < 1.29 is 60.0 Å². The second-order valence-corrected chi connectivity index (χ2v) is 18.7. The van der Waals surface area contributed by atoms with Crippen molar-refractivity contribution in [3.8, 4) is 28.7 Å². The topological polar surface area (TPSA) is 269 Å². The molecule has 438 valence electrons. The van der Waals surface area contributed by atoms with Crippen molar-refractivity contribution in [3.63, 3.8) is 0 Å². The molecule has 8 heterocycles. The molecule has 28 heteroatoms. The van der Waals surface area contributed by atoms with Crippen LogP contribution >= 0.6 is 12.4 Å². The van der Waals surface area contributed by atoms with Crippen molar-refractivity contribution in [2.75, 3.05) is 54.6 Å². The van der Waals surface area contributed by atoms with Crippen molar-refractivity contribution in [1.82, 2.24) is 50.5 Å². The number of halogens is 7. The number of aromatic nitrogens is 8. The molecule has 8 N–H and O–H groups in total. The molecule has 2 aliphatic rings. The first-order valence-corrected chi connectivity index (χ1v) is 25.6. The molecule has 2 saturated heterocycles. The summed E-state index contributed by atoms with van der Waals surface area (Å²) in [6.45, 7) is 5.05. The Balaban J connectivity index is 0.000000208. The summed E-state index contributed by atoms with van der Waals surface area (Å²) in [4.78, 5) is 50.7. The molecule has 0 radical (unpaired) electrons. The number of rotatable bonds is 15. The number of aliphatic carboxylic acids is 1. The number of benzene rings is 3. The Bertz CT molecular complexity index is 3710. The first-order valence-electron chi connectivity index (χ1n) is 25.6. The molecule has 0 bridgehead atoms. The number of pyridine rings is 4. The number of methoxy groups -OCH3 is 1. The van der Waals surface area contributed by atoms with Gasteiger partial charge >= 0.3 is 12.4 Å². The number of amides is 2. The minimum atomic E-state index is -4.55. The van der Waals surface area contributed by atoms with E-state index in [0.29, 0.717) is 63.2 Å². The van der Waals surface area contributed by atoms with Crippen molar-refractivity contribution in [2.45, 2.75) is 50.7 Å². The normalized spacial score (nSPS) is 14.7. The van der Waals surface area contributed by atoms with Crippen molar-refractivity contribution >= 4 is 75.5 Å². The third-order valence-corrected chi connectivity index (χ3v) is 12.7. The molecule has 3 aromatic carbocycles. The van der Waals surface area contributed by atoms with Gasteiger partial charge in [0, 0.05) is 80.1 Å². The summed E-state index contributed by atoms with van der Waals surface area (Å²) < 4.78 is 97.1. The van der Waals surface area contributed by atoms with Crippen LogP contribution in [-0.2, 0) is 23.7 Å². The third kappa shape index (κ3) is 15.7. The Kier molecular flexibility index (Phi) is 19.4. The smallest absolute Gasteiger partial charge is 0.416 e. The molecule has 2 fully saturated rings. The summed E-state index contributed by atoms with van der Waals surface area (Å²) in [5.74, 6) is 1.58. The van der Waals surface area contributed by atoms with Gasteiger partial charge in [0.1, 0.15) is 51.2 Å². The maximum Gasteiger partial charge on any atom is 0.416 e. The monoisotopic (exact) mass is 1180 g/mol. The second-order valence-electron chi connectivity index (χ2n) is 18.7. The number of carbonyl (C=O) groups excluding carboxylic acids is 2. The molecule has 2 amide bonds. The van der Waals surface area contributed by atoms with E-state index in [0.717, 1.165) is 93.9 Å². The van der Waals surface area contributed by atoms with E-state index in [2.05, 4.69) is 62.0 Å². The number of fused-ring (bicyclic) bond motifs is 2. The Morgan fingerprint density at radius 2 is 1.10 bits per heavy atom. The van der Waals surface area contributed by atoms with Gasteiger partial charge in [-0.3, -0.25) is 19.5 Å². The minimum Gasteiger partial charge on any atom is -0.497 e. The lowest BCUT2D eigenvalue weighted by atomic mass is 10.2. The lowest BCUT2D eigenvalue weighted by Gasteiger charge is -2.12. The van der Waals surface area contributed by atoms with Crippen molar-refractivity contribution in [3.05, 3.63) is 162 Å². The van der Waals surface area contributed by atoms with Crippen LogP contribution < -0.4 is 46.1 Å². The number of nitrogens with zero attached hydrogens (tertiary/aromatic N) is 7. The standard InChI is InChI=1S/C31H28F3N7O3.C23H20F3N7O2.C2H4O2.ClH/c1-43-23-6-2-19(3-7-23)18-41-29-27(28(40-41)38-22-11-13-35-17-22)25(12-15-37-29)44-24-8-4-20(5-9-24)30(42)39-26-16-21(10-14-36-26)31(32,33)34;24-23(25,26)14-5-9-28-18(11-14)31-22(34)13-1-3-16(4-2-13)35-17-7-10-29-20-19(17)21(33-32-20)30-15-6-8-27-12-15;1-2(3)4;/h2-10,12,14-16,22,35H,11,13,17-18H2,1H3,(H,38,40)(H,36,39,42);1-5,7,9-11,15,27H,6,8,12H2,(H,28,31,34)(H2,29,30,32,33);1H3,(H,3,4);1H/t22-;15-;;/m11../s1. The molecule has 2 atom stereocenters. The van der Waals surface area contributed by atoms with Crippen molar-refractivity contribution in [1.29, 1.82) is 0 Å². The molecule has 21 nitrogen and oxygen atoms in total. The van der Waals surface area contributed by atoms with Gasteiger partial charge in [-0.05, 0) is 116 Å².